The summed E-state index contributed by atoms with van der Waals surface area (Å²) < 4.78 is 5.46. The Balaban J connectivity index is 0.000000204. The molecule has 0 aliphatic carbocycles. The third-order valence-corrected chi connectivity index (χ3v) is 5.20. The number of carbonyl (C=O) groups excluding carboxylic acids is 2. The van der Waals surface area contributed by atoms with Crippen LogP contribution in [0, 0.1) is 0 Å². The van der Waals surface area contributed by atoms with Crippen LogP contribution in [0.4, 0.5) is 0 Å². The Kier molecular flexibility index (Phi) is 11.6. The lowest BCUT2D eigenvalue weighted by Crippen LogP contribution is -1.98. The predicted octanol–water partition coefficient (Wildman–Crippen LogP) is 6.28. The van der Waals surface area contributed by atoms with Gasteiger partial charge in [-0.1, -0.05) is 88.7 Å². The van der Waals surface area contributed by atoms with Crippen molar-refractivity contribution < 1.29 is 29.6 Å². The SMILES string of the molecule is BrCc1ccccc1.O=Cc1cccc(O)c1O.O=Cc1cccc(O)c1OCc1ccccc1. The molecule has 3 N–H and O–H groups in total. The van der Waals surface area contributed by atoms with Gasteiger partial charge >= 0.3 is 0 Å². The zero-order valence-corrected chi connectivity index (χ0v) is 20.3. The van der Waals surface area contributed by atoms with Gasteiger partial charge in [-0.05, 0) is 35.4 Å². The summed E-state index contributed by atoms with van der Waals surface area (Å²) in [5.41, 5.74) is 2.75. The van der Waals surface area contributed by atoms with Crippen LogP contribution < -0.4 is 4.74 Å². The fourth-order valence-electron chi connectivity index (χ4n) is 2.73. The summed E-state index contributed by atoms with van der Waals surface area (Å²) in [4.78, 5) is 20.9. The summed E-state index contributed by atoms with van der Waals surface area (Å²) >= 11 is 3.36. The molecule has 0 fully saturated rings. The van der Waals surface area contributed by atoms with Crippen molar-refractivity contribution in [2.24, 2.45) is 0 Å². The Bertz CT molecular complexity index is 1200. The number of hydrogen-bond donors (Lipinski definition) is 3. The molecular weight excluding hydrogens is 512 g/mol. The summed E-state index contributed by atoms with van der Waals surface area (Å²) in [6.07, 6.45) is 1.15. The highest BCUT2D eigenvalue weighted by atomic mass is 79.9. The van der Waals surface area contributed by atoms with Gasteiger partial charge in [-0.25, -0.2) is 0 Å². The lowest BCUT2D eigenvalue weighted by molar-refractivity contribution is 0.111. The maximum absolute atomic E-state index is 10.8. The van der Waals surface area contributed by atoms with E-state index in [9.17, 15) is 14.7 Å². The summed E-state index contributed by atoms with van der Waals surface area (Å²) in [6.45, 7) is 0.319. The fraction of sp³-hybridized carbons (Fsp3) is 0.0714. The fourth-order valence-corrected chi connectivity index (χ4v) is 3.11. The summed E-state index contributed by atoms with van der Waals surface area (Å²) in [5.74, 6) is -0.431. The lowest BCUT2D eigenvalue weighted by Gasteiger charge is -2.09. The van der Waals surface area contributed by atoms with E-state index in [-0.39, 0.29) is 28.6 Å². The second kappa shape index (κ2) is 14.9. The quantitative estimate of drug-likeness (QED) is 0.152. The first-order chi connectivity index (χ1) is 17.0. The van der Waals surface area contributed by atoms with E-state index in [1.807, 2.05) is 48.5 Å². The van der Waals surface area contributed by atoms with Crippen molar-refractivity contribution in [3.63, 3.8) is 0 Å². The molecule has 6 nitrogen and oxygen atoms in total. The van der Waals surface area contributed by atoms with Gasteiger partial charge in [0.2, 0.25) is 0 Å². The Morgan fingerprint density at radius 3 is 1.63 bits per heavy atom. The Labute approximate surface area is 212 Å². The molecule has 4 aromatic rings. The molecule has 0 saturated heterocycles. The Morgan fingerprint density at radius 1 is 0.629 bits per heavy atom. The van der Waals surface area contributed by atoms with Gasteiger partial charge in [0.15, 0.2) is 35.6 Å². The van der Waals surface area contributed by atoms with Crippen molar-refractivity contribution >= 4 is 28.5 Å². The van der Waals surface area contributed by atoms with Crippen molar-refractivity contribution in [1.82, 2.24) is 0 Å². The molecule has 0 atom stereocenters. The van der Waals surface area contributed by atoms with E-state index in [1.165, 1.54) is 29.8 Å². The van der Waals surface area contributed by atoms with Crippen molar-refractivity contribution in [1.29, 1.82) is 0 Å². The van der Waals surface area contributed by atoms with Gasteiger partial charge in [-0.3, -0.25) is 9.59 Å². The molecule has 0 amide bonds. The second-order valence-electron chi connectivity index (χ2n) is 7.04. The van der Waals surface area contributed by atoms with Crippen LogP contribution in [-0.4, -0.2) is 27.9 Å². The third-order valence-electron chi connectivity index (χ3n) is 4.55. The van der Waals surface area contributed by atoms with Crippen LogP contribution in [0.15, 0.2) is 97.1 Å². The molecule has 7 heteroatoms. The van der Waals surface area contributed by atoms with Gasteiger partial charge in [0.25, 0.3) is 0 Å². The van der Waals surface area contributed by atoms with E-state index < -0.39 is 0 Å². The van der Waals surface area contributed by atoms with Gasteiger partial charge < -0.3 is 20.1 Å². The topological polar surface area (TPSA) is 104 Å². The van der Waals surface area contributed by atoms with Crippen LogP contribution in [0.2, 0.25) is 0 Å². The minimum atomic E-state index is -0.363. The van der Waals surface area contributed by atoms with Crippen molar-refractivity contribution in [2.45, 2.75) is 11.9 Å². The van der Waals surface area contributed by atoms with Crippen LogP contribution >= 0.6 is 15.9 Å². The molecule has 0 aromatic heterocycles. The van der Waals surface area contributed by atoms with Gasteiger partial charge in [-0.15, -0.1) is 0 Å². The average molecular weight is 537 g/mol. The molecule has 0 radical (unpaired) electrons. The van der Waals surface area contributed by atoms with Gasteiger partial charge in [0.05, 0.1) is 11.1 Å². The monoisotopic (exact) mass is 536 g/mol. The number of aromatic hydroxyl groups is 3. The molecule has 0 saturated carbocycles. The number of phenols is 3. The predicted molar refractivity (Wildman–Crippen MR) is 139 cm³/mol. The number of benzene rings is 4. The zero-order chi connectivity index (χ0) is 25.5. The Hall–Kier alpha value is -4.10. The van der Waals surface area contributed by atoms with Crippen LogP contribution in [0.1, 0.15) is 31.8 Å². The normalized spacial score (nSPS) is 9.51. The molecule has 35 heavy (non-hydrogen) atoms. The Morgan fingerprint density at radius 2 is 1.14 bits per heavy atom. The highest BCUT2D eigenvalue weighted by Gasteiger charge is 2.08. The van der Waals surface area contributed by atoms with E-state index >= 15 is 0 Å². The number of carbonyl (C=O) groups is 2. The summed E-state index contributed by atoms with van der Waals surface area (Å²) in [5, 5.41) is 28.3. The van der Waals surface area contributed by atoms with E-state index in [2.05, 4.69) is 28.1 Å². The maximum Gasteiger partial charge on any atom is 0.171 e. The number of phenolic OH excluding ortho intramolecular Hbond substituents is 3. The van der Waals surface area contributed by atoms with Crippen LogP contribution in [-0.2, 0) is 11.9 Å². The van der Waals surface area contributed by atoms with Crippen LogP contribution in [0.3, 0.4) is 0 Å². The van der Waals surface area contributed by atoms with Crippen molar-refractivity contribution in [2.75, 3.05) is 0 Å². The highest BCUT2D eigenvalue weighted by molar-refractivity contribution is 9.08. The summed E-state index contributed by atoms with van der Waals surface area (Å²) in [7, 11) is 0. The van der Waals surface area contributed by atoms with E-state index in [0.29, 0.717) is 24.7 Å². The largest absolute Gasteiger partial charge is 0.504 e. The highest BCUT2D eigenvalue weighted by Crippen LogP contribution is 2.29. The molecule has 0 spiro atoms. The minimum Gasteiger partial charge on any atom is -0.504 e. The van der Waals surface area contributed by atoms with Crippen LogP contribution in [0.25, 0.3) is 0 Å². The van der Waals surface area contributed by atoms with Gasteiger partial charge in [0.1, 0.15) is 6.61 Å². The molecule has 0 aliphatic heterocycles. The second-order valence-corrected chi connectivity index (χ2v) is 7.60. The smallest absolute Gasteiger partial charge is 0.171 e. The molecule has 180 valence electrons. The number of para-hydroxylation sites is 2. The first-order valence-corrected chi connectivity index (χ1v) is 11.6. The summed E-state index contributed by atoms with van der Waals surface area (Å²) in [6, 6.07) is 28.8. The first-order valence-electron chi connectivity index (χ1n) is 10.5. The number of alkyl halides is 1. The van der Waals surface area contributed by atoms with Gasteiger partial charge in [0, 0.05) is 5.33 Å². The van der Waals surface area contributed by atoms with E-state index in [0.717, 1.165) is 10.9 Å². The first kappa shape index (κ1) is 27.1. The molecule has 4 aromatic carbocycles. The molecular formula is C28H25BrO6. The molecule has 0 aliphatic rings. The maximum atomic E-state index is 10.8. The average Bonchev–Trinajstić information content (AvgIpc) is 2.91. The molecule has 0 unspecified atom stereocenters. The number of halogens is 1. The molecule has 0 heterocycles. The van der Waals surface area contributed by atoms with E-state index in [4.69, 9.17) is 14.9 Å². The lowest BCUT2D eigenvalue weighted by atomic mass is 10.2. The van der Waals surface area contributed by atoms with Crippen LogP contribution in [0.5, 0.6) is 23.0 Å². The standard InChI is InChI=1S/C14H12O3.C7H7Br.C7H6O3/c15-9-12-7-4-8-13(16)14(12)17-10-11-5-2-1-3-6-11;8-6-7-4-2-1-3-5-7;8-4-5-2-1-3-6(9)7(5)10/h1-9,16H,10H2;1-5H,6H2;1-4,9-10H. The minimum absolute atomic E-state index is 0.0227. The number of hydrogen-bond acceptors (Lipinski definition) is 6. The van der Waals surface area contributed by atoms with Crippen molar-refractivity contribution in [3.05, 3.63) is 119 Å². The van der Waals surface area contributed by atoms with E-state index in [1.54, 1.807) is 12.1 Å². The van der Waals surface area contributed by atoms with Crippen molar-refractivity contribution in [3.8, 4) is 23.0 Å². The number of ether oxygens (including phenoxy) is 1. The number of aldehydes is 2. The zero-order valence-electron chi connectivity index (χ0n) is 18.8. The third kappa shape index (κ3) is 8.98. The molecule has 0 bridgehead atoms. The molecule has 4 rings (SSSR count). The van der Waals surface area contributed by atoms with Gasteiger partial charge in [-0.2, -0.15) is 0 Å². The number of rotatable bonds is 6.